The second kappa shape index (κ2) is 13.7. The summed E-state index contributed by atoms with van der Waals surface area (Å²) in [5, 5.41) is 20.7. The van der Waals surface area contributed by atoms with E-state index in [1.165, 1.54) is 18.2 Å². The summed E-state index contributed by atoms with van der Waals surface area (Å²) >= 11 is 0. The number of nitrogens with one attached hydrogen (secondary N) is 2. The Labute approximate surface area is 228 Å². The Hall–Kier alpha value is -4.98. The summed E-state index contributed by atoms with van der Waals surface area (Å²) in [5.41, 5.74) is 5.31. The predicted molar refractivity (Wildman–Crippen MR) is 142 cm³/mol. The van der Waals surface area contributed by atoms with Crippen molar-refractivity contribution >= 4 is 23.3 Å². The number of aromatic carboxylic acids is 1. The summed E-state index contributed by atoms with van der Waals surface area (Å²) < 4.78 is 5.85. The molecule has 0 fully saturated rings. The first-order valence-electron chi connectivity index (χ1n) is 11.8. The van der Waals surface area contributed by atoms with Crippen LogP contribution >= 0.6 is 0 Å². The van der Waals surface area contributed by atoms with Crippen molar-refractivity contribution in [2.24, 2.45) is 5.90 Å². The monoisotopic (exact) mass is 547 g/mol. The number of carbonyl (C=O) groups excluding carboxylic acids is 1. The van der Waals surface area contributed by atoms with Crippen LogP contribution in [0.3, 0.4) is 0 Å². The first-order valence-corrected chi connectivity index (χ1v) is 11.8. The van der Waals surface area contributed by atoms with Gasteiger partial charge in [-0.25, -0.2) is 9.68 Å². The topological polar surface area (TPSA) is 171 Å². The SMILES string of the molecule is NOOc1ccc(C(=O)O)c(C(=O)Nc2ccc(Oc3ccc(NOCc4ccccc4COO)cc3)cc2)c1. The van der Waals surface area contributed by atoms with Crippen LogP contribution in [-0.2, 0) is 27.9 Å². The number of hydrogen-bond donors (Lipinski definition) is 5. The molecule has 0 radical (unpaired) electrons. The molecule has 0 spiro atoms. The van der Waals surface area contributed by atoms with Crippen LogP contribution in [0.5, 0.6) is 17.2 Å². The molecule has 0 unspecified atom stereocenters. The lowest BCUT2D eigenvalue weighted by Gasteiger charge is -2.12. The number of carboxylic acids is 1. The number of ether oxygens (including phenoxy) is 1. The smallest absolute Gasteiger partial charge is 0.336 e. The highest BCUT2D eigenvalue weighted by atomic mass is 17.3. The summed E-state index contributed by atoms with van der Waals surface area (Å²) in [6, 6.07) is 24.7. The highest BCUT2D eigenvalue weighted by molar-refractivity contribution is 6.11. The van der Waals surface area contributed by atoms with E-state index in [0.717, 1.165) is 11.1 Å². The molecule has 4 aromatic rings. The van der Waals surface area contributed by atoms with Gasteiger partial charge in [-0.2, -0.15) is 5.90 Å². The summed E-state index contributed by atoms with van der Waals surface area (Å²) in [5.74, 6) is 4.07. The van der Waals surface area contributed by atoms with Crippen LogP contribution in [0.25, 0.3) is 0 Å². The Morgan fingerprint density at radius 1 is 0.750 bits per heavy atom. The van der Waals surface area contributed by atoms with Crippen molar-refractivity contribution in [2.75, 3.05) is 10.8 Å². The van der Waals surface area contributed by atoms with E-state index in [-0.39, 0.29) is 30.1 Å². The van der Waals surface area contributed by atoms with Crippen LogP contribution < -0.4 is 26.3 Å². The number of nitrogens with two attached hydrogens (primary N) is 1. The van der Waals surface area contributed by atoms with Crippen molar-refractivity contribution < 1.29 is 44.3 Å². The number of carboxylic acid groups (broad SMARTS) is 1. The molecular formula is C28H25N3O9. The van der Waals surface area contributed by atoms with E-state index in [1.54, 1.807) is 48.5 Å². The lowest BCUT2D eigenvalue weighted by molar-refractivity contribution is -0.253. The molecule has 4 aromatic carbocycles. The largest absolute Gasteiger partial charge is 0.478 e. The van der Waals surface area contributed by atoms with Gasteiger partial charge in [-0.15, -0.1) is 0 Å². The van der Waals surface area contributed by atoms with E-state index in [4.69, 9.17) is 20.7 Å². The normalized spacial score (nSPS) is 10.6. The molecule has 4 rings (SSSR count). The van der Waals surface area contributed by atoms with Gasteiger partial charge in [0.15, 0.2) is 5.75 Å². The standard InChI is InChI=1S/C28H25N3O9/c29-40-39-24-13-14-25(28(33)34)26(15-24)27(32)30-20-5-9-22(10-6-20)38-23-11-7-21(8-12-23)31-36-16-18-3-1-2-4-19(18)17-37-35/h1-15,31,35H,16-17,29H2,(H,30,32)(H,33,34). The fourth-order valence-electron chi connectivity index (χ4n) is 3.64. The summed E-state index contributed by atoms with van der Waals surface area (Å²) in [6.45, 7) is 0.332. The third-order valence-corrected chi connectivity index (χ3v) is 5.57. The van der Waals surface area contributed by atoms with Gasteiger partial charge in [-0.05, 0) is 77.9 Å². The van der Waals surface area contributed by atoms with E-state index in [2.05, 4.69) is 25.6 Å². The maximum atomic E-state index is 12.7. The second-order valence-electron chi connectivity index (χ2n) is 8.23. The molecule has 0 bridgehead atoms. The van der Waals surface area contributed by atoms with E-state index < -0.39 is 11.9 Å². The summed E-state index contributed by atoms with van der Waals surface area (Å²) in [4.78, 5) is 42.8. The van der Waals surface area contributed by atoms with Crippen LogP contribution in [0.1, 0.15) is 31.8 Å². The first kappa shape index (κ1) is 28.0. The van der Waals surface area contributed by atoms with Gasteiger partial charge in [-0.3, -0.25) is 20.4 Å². The maximum absolute atomic E-state index is 12.7. The molecule has 40 heavy (non-hydrogen) atoms. The van der Waals surface area contributed by atoms with Crippen molar-refractivity contribution in [2.45, 2.75) is 13.2 Å². The Morgan fingerprint density at radius 3 is 1.95 bits per heavy atom. The summed E-state index contributed by atoms with van der Waals surface area (Å²) in [7, 11) is 0. The number of anilines is 2. The van der Waals surface area contributed by atoms with E-state index >= 15 is 0 Å². The minimum absolute atomic E-state index is 0.0626. The zero-order valence-corrected chi connectivity index (χ0v) is 20.9. The quantitative estimate of drug-likeness (QED) is 0.111. The van der Waals surface area contributed by atoms with Crippen molar-refractivity contribution in [1.29, 1.82) is 0 Å². The number of carbonyl (C=O) groups is 2. The Morgan fingerprint density at radius 2 is 1.35 bits per heavy atom. The van der Waals surface area contributed by atoms with Gasteiger partial charge in [0.25, 0.3) is 5.91 Å². The van der Waals surface area contributed by atoms with Crippen molar-refractivity contribution in [3.63, 3.8) is 0 Å². The van der Waals surface area contributed by atoms with Gasteiger partial charge < -0.3 is 20.0 Å². The Bertz CT molecular complexity index is 1440. The predicted octanol–water partition coefficient (Wildman–Crippen LogP) is 5.15. The zero-order valence-electron chi connectivity index (χ0n) is 20.9. The van der Waals surface area contributed by atoms with Crippen molar-refractivity contribution in [3.8, 4) is 17.2 Å². The molecule has 0 aliphatic rings. The molecule has 0 atom stereocenters. The lowest BCUT2D eigenvalue weighted by atomic mass is 10.1. The van der Waals surface area contributed by atoms with Gasteiger partial charge in [0.1, 0.15) is 18.1 Å². The summed E-state index contributed by atoms with van der Waals surface area (Å²) in [6.07, 6.45) is 0. The zero-order chi connectivity index (χ0) is 28.3. The highest BCUT2D eigenvalue weighted by Gasteiger charge is 2.18. The third-order valence-electron chi connectivity index (χ3n) is 5.57. The Kier molecular flexibility index (Phi) is 9.61. The Balaban J connectivity index is 1.32. The van der Waals surface area contributed by atoms with Crippen molar-refractivity contribution in [1.82, 2.24) is 0 Å². The number of hydrogen-bond acceptors (Lipinski definition) is 10. The molecule has 0 aliphatic heterocycles. The molecule has 206 valence electrons. The molecule has 0 aliphatic carbocycles. The maximum Gasteiger partial charge on any atom is 0.336 e. The highest BCUT2D eigenvalue weighted by Crippen LogP contribution is 2.26. The van der Waals surface area contributed by atoms with Gasteiger partial charge in [-0.1, -0.05) is 29.3 Å². The van der Waals surface area contributed by atoms with Crippen molar-refractivity contribution in [3.05, 3.63) is 113 Å². The van der Waals surface area contributed by atoms with Crippen LogP contribution in [0, 0.1) is 0 Å². The van der Waals surface area contributed by atoms with E-state index in [1.807, 2.05) is 24.3 Å². The van der Waals surface area contributed by atoms with Crippen LogP contribution in [0.2, 0.25) is 0 Å². The van der Waals surface area contributed by atoms with Crippen LogP contribution in [-0.4, -0.2) is 22.2 Å². The molecule has 0 saturated carbocycles. The third kappa shape index (κ3) is 7.54. The fraction of sp³-hybridized carbons (Fsp3) is 0.0714. The molecule has 0 aromatic heterocycles. The molecule has 6 N–H and O–H groups in total. The van der Waals surface area contributed by atoms with Gasteiger partial charge in [0.2, 0.25) is 0 Å². The number of rotatable bonds is 13. The molecule has 1 amide bonds. The van der Waals surface area contributed by atoms with E-state index in [9.17, 15) is 14.7 Å². The molecule has 0 saturated heterocycles. The first-order chi connectivity index (χ1) is 19.5. The minimum Gasteiger partial charge on any atom is -0.478 e. The minimum atomic E-state index is -1.28. The molecule has 12 heteroatoms. The molecule has 0 heterocycles. The molecular weight excluding hydrogens is 522 g/mol. The van der Waals surface area contributed by atoms with Gasteiger partial charge >= 0.3 is 5.97 Å². The average molecular weight is 548 g/mol. The molecule has 12 nitrogen and oxygen atoms in total. The number of amides is 1. The fourth-order valence-corrected chi connectivity index (χ4v) is 3.64. The van der Waals surface area contributed by atoms with Crippen LogP contribution in [0.15, 0.2) is 91.0 Å². The second-order valence-corrected chi connectivity index (χ2v) is 8.23. The average Bonchev–Trinajstić information content (AvgIpc) is 2.96. The van der Waals surface area contributed by atoms with Gasteiger partial charge in [0.05, 0.1) is 23.4 Å². The van der Waals surface area contributed by atoms with E-state index in [0.29, 0.717) is 22.9 Å². The van der Waals surface area contributed by atoms with Crippen LogP contribution in [0.4, 0.5) is 11.4 Å². The van der Waals surface area contributed by atoms with Gasteiger partial charge in [0, 0.05) is 5.69 Å². The lowest BCUT2D eigenvalue weighted by Crippen LogP contribution is -2.17. The number of benzene rings is 4.